The van der Waals surface area contributed by atoms with E-state index in [2.05, 4.69) is 10.2 Å². The number of urea groups is 1. The third kappa shape index (κ3) is 4.44. The minimum absolute atomic E-state index is 0.0167. The van der Waals surface area contributed by atoms with Gasteiger partial charge in [0.1, 0.15) is 12.1 Å². The van der Waals surface area contributed by atoms with Crippen molar-refractivity contribution in [3.8, 4) is 0 Å². The Labute approximate surface area is 201 Å². The Bertz CT molecular complexity index is 1080. The Morgan fingerprint density at radius 3 is 2.29 bits per heavy atom. The van der Waals surface area contributed by atoms with E-state index in [4.69, 9.17) is 0 Å². The number of nitrogens with zero attached hydrogens (tertiary/aromatic N) is 4. The van der Waals surface area contributed by atoms with Crippen LogP contribution in [-0.2, 0) is 9.59 Å². The fourth-order valence-electron chi connectivity index (χ4n) is 4.87. The molecule has 0 aliphatic carbocycles. The predicted octanol–water partition coefficient (Wildman–Crippen LogP) is 3.06. The second-order valence-electron chi connectivity index (χ2n) is 9.45. The molecule has 2 saturated heterocycles. The fraction of sp³-hybridized carbons (Fsp3) is 0.423. The summed E-state index contributed by atoms with van der Waals surface area (Å²) < 4.78 is 0. The number of para-hydroxylation sites is 1. The number of anilines is 2. The summed E-state index contributed by atoms with van der Waals surface area (Å²) in [6.07, 6.45) is 1.05. The van der Waals surface area contributed by atoms with Crippen molar-refractivity contribution in [1.29, 1.82) is 0 Å². The van der Waals surface area contributed by atoms with Gasteiger partial charge in [-0.1, -0.05) is 24.3 Å². The molecule has 2 fully saturated rings. The molecule has 2 aromatic rings. The molecule has 2 aliphatic heterocycles. The van der Waals surface area contributed by atoms with Gasteiger partial charge >= 0.3 is 6.03 Å². The van der Waals surface area contributed by atoms with E-state index < -0.39 is 5.54 Å². The lowest BCUT2D eigenvalue weighted by Crippen LogP contribution is -2.58. The number of aryl methyl sites for hydroxylation is 2. The van der Waals surface area contributed by atoms with Crippen LogP contribution in [0.1, 0.15) is 24.0 Å². The number of hydrogen-bond acceptors (Lipinski definition) is 4. The van der Waals surface area contributed by atoms with Crippen molar-refractivity contribution in [3.63, 3.8) is 0 Å². The maximum atomic E-state index is 13.8. The highest BCUT2D eigenvalue weighted by atomic mass is 16.2. The van der Waals surface area contributed by atoms with Crippen LogP contribution in [0.15, 0.2) is 48.5 Å². The number of hydrogen-bond donors (Lipinski definition) is 1. The van der Waals surface area contributed by atoms with Gasteiger partial charge in [0.25, 0.3) is 5.91 Å². The van der Waals surface area contributed by atoms with Crippen LogP contribution in [0.25, 0.3) is 0 Å². The van der Waals surface area contributed by atoms with Crippen LogP contribution in [0, 0.1) is 13.8 Å². The predicted molar refractivity (Wildman–Crippen MR) is 133 cm³/mol. The molecule has 8 heteroatoms. The Hall–Kier alpha value is -3.55. The number of likely N-dealkylation sites (tertiary alicyclic amines) is 1. The molecule has 2 heterocycles. The summed E-state index contributed by atoms with van der Waals surface area (Å²) in [6.45, 7) is 5.34. The van der Waals surface area contributed by atoms with Gasteiger partial charge in [-0.15, -0.1) is 0 Å². The van der Waals surface area contributed by atoms with Gasteiger partial charge in [0, 0.05) is 38.6 Å². The number of nitrogens with one attached hydrogen (secondary N) is 1. The topological polar surface area (TPSA) is 76.2 Å². The minimum atomic E-state index is -0.759. The quantitative estimate of drug-likeness (QED) is 0.756. The van der Waals surface area contributed by atoms with Gasteiger partial charge in [0.2, 0.25) is 5.91 Å². The summed E-state index contributed by atoms with van der Waals surface area (Å²) in [4.78, 5) is 46.2. The Morgan fingerprint density at radius 2 is 1.68 bits per heavy atom. The van der Waals surface area contributed by atoms with Gasteiger partial charge in [-0.2, -0.15) is 0 Å². The zero-order valence-electron chi connectivity index (χ0n) is 20.4. The SMILES string of the molecule is Cc1ccc(NC(=O)CN2CN(c3ccccc3)C3(CCN(C(=O)N(C)C)CC3)C2=O)cc1C. The van der Waals surface area contributed by atoms with Crippen LogP contribution >= 0.6 is 0 Å². The van der Waals surface area contributed by atoms with Crippen LogP contribution in [0.2, 0.25) is 0 Å². The lowest BCUT2D eigenvalue weighted by Gasteiger charge is -2.43. The molecular formula is C26H33N5O3. The highest BCUT2D eigenvalue weighted by Crippen LogP contribution is 2.39. The smallest absolute Gasteiger partial charge is 0.319 e. The summed E-state index contributed by atoms with van der Waals surface area (Å²) in [5, 5.41) is 2.93. The van der Waals surface area contributed by atoms with Crippen molar-refractivity contribution >= 4 is 29.2 Å². The van der Waals surface area contributed by atoms with E-state index in [9.17, 15) is 14.4 Å². The maximum Gasteiger partial charge on any atom is 0.319 e. The molecule has 8 nitrogen and oxygen atoms in total. The van der Waals surface area contributed by atoms with E-state index in [1.165, 1.54) is 0 Å². The van der Waals surface area contributed by atoms with E-state index in [0.29, 0.717) is 32.6 Å². The van der Waals surface area contributed by atoms with E-state index in [0.717, 1.165) is 22.5 Å². The molecule has 0 radical (unpaired) electrons. The molecule has 1 spiro atoms. The van der Waals surface area contributed by atoms with E-state index in [-0.39, 0.29) is 24.4 Å². The van der Waals surface area contributed by atoms with E-state index in [1.807, 2.05) is 62.4 Å². The number of benzene rings is 2. The van der Waals surface area contributed by atoms with Gasteiger partial charge < -0.3 is 24.9 Å². The number of rotatable bonds is 4. The minimum Gasteiger partial charge on any atom is -0.339 e. The fourth-order valence-corrected chi connectivity index (χ4v) is 4.87. The van der Waals surface area contributed by atoms with E-state index in [1.54, 1.807) is 28.8 Å². The van der Waals surface area contributed by atoms with Gasteiger partial charge in [-0.05, 0) is 62.1 Å². The molecule has 2 aliphatic rings. The van der Waals surface area contributed by atoms with Crippen LogP contribution in [0.5, 0.6) is 0 Å². The second kappa shape index (κ2) is 9.37. The molecule has 1 N–H and O–H groups in total. The van der Waals surface area contributed by atoms with Gasteiger partial charge in [-0.3, -0.25) is 9.59 Å². The lowest BCUT2D eigenvalue weighted by atomic mass is 9.85. The third-order valence-electron chi connectivity index (χ3n) is 6.95. The number of piperidine rings is 1. The number of carbonyl (C=O) groups is 3. The average molecular weight is 464 g/mol. The molecule has 0 atom stereocenters. The molecular weight excluding hydrogens is 430 g/mol. The Morgan fingerprint density at radius 1 is 1.00 bits per heavy atom. The molecule has 34 heavy (non-hydrogen) atoms. The first-order chi connectivity index (χ1) is 16.2. The number of amides is 4. The summed E-state index contributed by atoms with van der Waals surface area (Å²) in [5.74, 6) is -0.273. The highest BCUT2D eigenvalue weighted by Gasteiger charge is 2.54. The summed E-state index contributed by atoms with van der Waals surface area (Å²) in [5.41, 5.74) is 3.17. The zero-order chi connectivity index (χ0) is 24.5. The Balaban J connectivity index is 1.53. The molecule has 0 unspecified atom stereocenters. The average Bonchev–Trinajstić information content (AvgIpc) is 3.08. The van der Waals surface area contributed by atoms with Crippen molar-refractivity contribution in [1.82, 2.24) is 14.7 Å². The van der Waals surface area contributed by atoms with Crippen molar-refractivity contribution in [3.05, 3.63) is 59.7 Å². The first kappa shape index (κ1) is 23.6. The first-order valence-electron chi connectivity index (χ1n) is 11.7. The normalized spacial score (nSPS) is 17.3. The van der Waals surface area contributed by atoms with Crippen molar-refractivity contribution in [2.24, 2.45) is 0 Å². The molecule has 2 aromatic carbocycles. The molecule has 0 aromatic heterocycles. The molecule has 4 amide bonds. The zero-order valence-corrected chi connectivity index (χ0v) is 20.4. The largest absolute Gasteiger partial charge is 0.339 e. The summed E-state index contributed by atoms with van der Waals surface area (Å²) >= 11 is 0. The summed E-state index contributed by atoms with van der Waals surface area (Å²) in [6, 6.07) is 15.6. The van der Waals surface area contributed by atoms with Gasteiger partial charge in [-0.25, -0.2) is 4.79 Å². The standard InChI is InChI=1S/C26H33N5O3/c1-19-10-11-21(16-20(19)2)27-23(32)17-30-18-31(22-8-6-5-7-9-22)26(24(30)33)12-14-29(15-13-26)25(34)28(3)4/h5-11,16H,12-15,17-18H2,1-4H3,(H,27,32). The Kier molecular flexibility index (Phi) is 6.50. The van der Waals surface area contributed by atoms with Crippen molar-refractivity contribution in [2.75, 3.05) is 50.6 Å². The highest BCUT2D eigenvalue weighted by molar-refractivity contribution is 5.99. The van der Waals surface area contributed by atoms with Crippen molar-refractivity contribution in [2.45, 2.75) is 32.2 Å². The first-order valence-corrected chi connectivity index (χ1v) is 11.7. The second-order valence-corrected chi connectivity index (χ2v) is 9.45. The van der Waals surface area contributed by atoms with E-state index >= 15 is 0 Å². The lowest BCUT2D eigenvalue weighted by molar-refractivity contribution is -0.136. The monoisotopic (exact) mass is 463 g/mol. The molecule has 0 saturated carbocycles. The molecule has 4 rings (SSSR count). The van der Waals surface area contributed by atoms with Crippen LogP contribution in [-0.4, -0.2) is 78.5 Å². The summed E-state index contributed by atoms with van der Waals surface area (Å²) in [7, 11) is 3.47. The van der Waals surface area contributed by atoms with Crippen LogP contribution in [0.3, 0.4) is 0 Å². The van der Waals surface area contributed by atoms with Crippen molar-refractivity contribution < 1.29 is 14.4 Å². The van der Waals surface area contributed by atoms with Crippen LogP contribution in [0.4, 0.5) is 16.2 Å². The third-order valence-corrected chi connectivity index (χ3v) is 6.95. The van der Waals surface area contributed by atoms with Crippen LogP contribution < -0.4 is 10.2 Å². The van der Waals surface area contributed by atoms with Gasteiger partial charge in [0.05, 0.1) is 6.67 Å². The molecule has 180 valence electrons. The van der Waals surface area contributed by atoms with Gasteiger partial charge in [0.15, 0.2) is 0 Å². The maximum absolute atomic E-state index is 13.8. The number of carbonyl (C=O) groups excluding carboxylic acids is 3. The molecule has 0 bridgehead atoms.